The maximum atomic E-state index is 12.6. The summed E-state index contributed by atoms with van der Waals surface area (Å²) in [5, 5.41) is 8.28. The molecule has 0 N–H and O–H groups in total. The van der Waals surface area contributed by atoms with Crippen LogP contribution in [-0.2, 0) is 10.0 Å². The highest BCUT2D eigenvalue weighted by Crippen LogP contribution is 2.40. The number of nitrogens with zero attached hydrogens (tertiary/aromatic N) is 3. The molecule has 23 heavy (non-hydrogen) atoms. The molecule has 1 saturated heterocycles. The van der Waals surface area contributed by atoms with Crippen molar-refractivity contribution in [1.29, 1.82) is 0 Å². The third-order valence-electron chi connectivity index (χ3n) is 4.33. The van der Waals surface area contributed by atoms with E-state index >= 15 is 0 Å². The molecule has 9 heteroatoms. The molecule has 2 aromatic rings. The molecule has 1 saturated carbocycles. The Hall–Kier alpha value is -0.770. The number of aromatic nitrogens is 2. The Balaban J connectivity index is 1.43. The first kappa shape index (κ1) is 15.7. The Morgan fingerprint density at radius 2 is 1.70 bits per heavy atom. The summed E-state index contributed by atoms with van der Waals surface area (Å²) in [6.07, 6.45) is 3.71. The summed E-state index contributed by atoms with van der Waals surface area (Å²) in [5.41, 5.74) is 0. The molecule has 4 rings (SSSR count). The van der Waals surface area contributed by atoms with Gasteiger partial charge in [-0.3, -0.25) is 0 Å². The van der Waals surface area contributed by atoms with Crippen molar-refractivity contribution in [3.05, 3.63) is 27.7 Å². The third kappa shape index (κ3) is 3.11. The largest absolute Gasteiger partial charge is 0.425 e. The van der Waals surface area contributed by atoms with Crippen molar-refractivity contribution in [3.63, 3.8) is 0 Å². The molecule has 0 amide bonds. The summed E-state index contributed by atoms with van der Waals surface area (Å²) in [5.74, 6) is 2.03. The van der Waals surface area contributed by atoms with E-state index in [1.165, 1.54) is 11.3 Å². The topological polar surface area (TPSA) is 76.3 Å². The average Bonchev–Trinajstić information content (AvgIpc) is 3.10. The summed E-state index contributed by atoms with van der Waals surface area (Å²) < 4.78 is 33.7. The lowest BCUT2D eigenvalue weighted by molar-refractivity contribution is 0.287. The Morgan fingerprint density at radius 3 is 2.22 bits per heavy atom. The number of halogens is 1. The predicted octanol–water partition coefficient (Wildman–Crippen LogP) is 3.34. The van der Waals surface area contributed by atoms with Gasteiger partial charge in [0.15, 0.2) is 0 Å². The highest BCUT2D eigenvalue weighted by atomic mass is 79.9. The van der Waals surface area contributed by atoms with E-state index in [0.29, 0.717) is 29.1 Å². The quantitative estimate of drug-likeness (QED) is 0.761. The Morgan fingerprint density at radius 1 is 1.09 bits per heavy atom. The van der Waals surface area contributed by atoms with Gasteiger partial charge < -0.3 is 4.42 Å². The zero-order valence-corrected chi connectivity index (χ0v) is 15.5. The summed E-state index contributed by atoms with van der Waals surface area (Å²) in [6, 6.07) is 3.41. The van der Waals surface area contributed by atoms with E-state index in [-0.39, 0.29) is 5.92 Å². The van der Waals surface area contributed by atoms with Crippen LogP contribution in [0.2, 0.25) is 0 Å². The Labute approximate surface area is 147 Å². The van der Waals surface area contributed by atoms with E-state index in [0.717, 1.165) is 35.4 Å². The third-order valence-corrected chi connectivity index (χ3v) is 8.32. The van der Waals surface area contributed by atoms with E-state index in [1.54, 1.807) is 16.4 Å². The molecule has 0 spiro atoms. The number of sulfonamides is 1. The van der Waals surface area contributed by atoms with Crippen LogP contribution in [0.1, 0.15) is 49.3 Å². The van der Waals surface area contributed by atoms with Crippen molar-refractivity contribution in [2.24, 2.45) is 0 Å². The summed E-state index contributed by atoms with van der Waals surface area (Å²) in [4.78, 5) is 0. The Kier molecular flexibility index (Phi) is 4.07. The second kappa shape index (κ2) is 5.94. The summed E-state index contributed by atoms with van der Waals surface area (Å²) in [6.45, 7) is 0.979. The molecule has 2 fully saturated rings. The minimum Gasteiger partial charge on any atom is -0.425 e. The predicted molar refractivity (Wildman–Crippen MR) is 89.0 cm³/mol. The van der Waals surface area contributed by atoms with Crippen LogP contribution in [0.5, 0.6) is 0 Å². The Bertz CT molecular complexity index is 805. The van der Waals surface area contributed by atoms with Crippen LogP contribution in [-0.4, -0.2) is 36.0 Å². The average molecular weight is 418 g/mol. The van der Waals surface area contributed by atoms with Gasteiger partial charge in [-0.2, -0.15) is 4.31 Å². The van der Waals surface area contributed by atoms with Gasteiger partial charge in [-0.05, 0) is 53.7 Å². The van der Waals surface area contributed by atoms with Crippen LogP contribution >= 0.6 is 27.3 Å². The lowest BCUT2D eigenvalue weighted by atomic mass is 9.98. The van der Waals surface area contributed by atoms with Crippen molar-refractivity contribution in [1.82, 2.24) is 14.5 Å². The van der Waals surface area contributed by atoms with Crippen molar-refractivity contribution in [2.75, 3.05) is 13.1 Å². The van der Waals surface area contributed by atoms with E-state index in [9.17, 15) is 8.42 Å². The van der Waals surface area contributed by atoms with E-state index in [4.69, 9.17) is 4.42 Å². The van der Waals surface area contributed by atoms with Crippen molar-refractivity contribution in [3.8, 4) is 0 Å². The van der Waals surface area contributed by atoms with Gasteiger partial charge in [-0.25, -0.2) is 8.42 Å². The molecule has 2 aliphatic rings. The number of hydrogen-bond donors (Lipinski definition) is 0. The highest BCUT2D eigenvalue weighted by Gasteiger charge is 2.34. The van der Waals surface area contributed by atoms with Crippen molar-refractivity contribution < 1.29 is 12.8 Å². The van der Waals surface area contributed by atoms with Gasteiger partial charge in [0.2, 0.25) is 11.8 Å². The second-order valence-corrected chi connectivity index (χ2v) is 10.6. The monoisotopic (exact) mass is 417 g/mol. The van der Waals surface area contributed by atoms with E-state index in [1.807, 2.05) is 0 Å². The summed E-state index contributed by atoms with van der Waals surface area (Å²) >= 11 is 4.56. The van der Waals surface area contributed by atoms with Gasteiger partial charge in [0.1, 0.15) is 4.21 Å². The first-order valence-electron chi connectivity index (χ1n) is 7.63. The minimum absolute atomic E-state index is 0.163. The molecular formula is C14H16BrN3O3S2. The van der Waals surface area contributed by atoms with Gasteiger partial charge in [0.05, 0.1) is 3.79 Å². The molecule has 0 aromatic carbocycles. The molecular weight excluding hydrogens is 402 g/mol. The van der Waals surface area contributed by atoms with Gasteiger partial charge in [-0.15, -0.1) is 21.5 Å². The molecule has 124 valence electrons. The fraction of sp³-hybridized carbons (Fsp3) is 0.571. The summed E-state index contributed by atoms with van der Waals surface area (Å²) in [7, 11) is -3.39. The van der Waals surface area contributed by atoms with Crippen molar-refractivity contribution >= 4 is 37.3 Å². The standard InChI is InChI=1S/C14H16BrN3O3S2/c15-11-3-4-12(22-11)23(19,20)18-7-5-10(6-8-18)14-17-16-13(21-14)9-1-2-9/h3-4,9-10H,1-2,5-8H2. The zero-order chi connectivity index (χ0) is 16.0. The van der Waals surface area contributed by atoms with E-state index < -0.39 is 10.0 Å². The molecule has 0 bridgehead atoms. The fourth-order valence-corrected chi connectivity index (χ4v) is 6.45. The number of piperidine rings is 1. The first-order valence-corrected chi connectivity index (χ1v) is 10.7. The smallest absolute Gasteiger partial charge is 0.252 e. The van der Waals surface area contributed by atoms with Crippen LogP contribution in [0.25, 0.3) is 0 Å². The van der Waals surface area contributed by atoms with Crippen LogP contribution in [0.15, 0.2) is 24.5 Å². The number of thiophene rings is 1. The molecule has 2 aromatic heterocycles. The zero-order valence-electron chi connectivity index (χ0n) is 12.3. The van der Waals surface area contributed by atoms with Gasteiger partial charge >= 0.3 is 0 Å². The van der Waals surface area contributed by atoms with Gasteiger partial charge in [-0.1, -0.05) is 0 Å². The number of hydrogen-bond acceptors (Lipinski definition) is 6. The lowest BCUT2D eigenvalue weighted by Gasteiger charge is -2.29. The van der Waals surface area contributed by atoms with Crippen LogP contribution in [0.4, 0.5) is 0 Å². The minimum atomic E-state index is -3.39. The highest BCUT2D eigenvalue weighted by molar-refractivity contribution is 9.11. The lowest BCUT2D eigenvalue weighted by Crippen LogP contribution is -2.37. The molecule has 6 nitrogen and oxygen atoms in total. The first-order chi connectivity index (χ1) is 11.0. The molecule has 1 aliphatic heterocycles. The van der Waals surface area contributed by atoms with Crippen LogP contribution < -0.4 is 0 Å². The molecule has 0 radical (unpaired) electrons. The molecule has 0 atom stereocenters. The number of rotatable bonds is 4. The molecule has 0 unspecified atom stereocenters. The van der Waals surface area contributed by atoms with Crippen LogP contribution in [0.3, 0.4) is 0 Å². The maximum Gasteiger partial charge on any atom is 0.252 e. The van der Waals surface area contributed by atoms with Crippen LogP contribution in [0, 0.1) is 0 Å². The van der Waals surface area contributed by atoms with E-state index in [2.05, 4.69) is 26.1 Å². The SMILES string of the molecule is O=S(=O)(c1ccc(Br)s1)N1CCC(c2nnc(C3CC3)o2)CC1. The normalized spacial score (nSPS) is 20.9. The van der Waals surface area contributed by atoms with Gasteiger partial charge in [0.25, 0.3) is 10.0 Å². The molecule has 1 aliphatic carbocycles. The second-order valence-electron chi connectivity index (χ2n) is 5.99. The van der Waals surface area contributed by atoms with Gasteiger partial charge in [0, 0.05) is 24.9 Å². The maximum absolute atomic E-state index is 12.6. The van der Waals surface area contributed by atoms with Crippen molar-refractivity contribution in [2.45, 2.75) is 41.7 Å². The fourth-order valence-electron chi connectivity index (χ4n) is 2.81. The molecule has 3 heterocycles.